The van der Waals surface area contributed by atoms with Crippen molar-refractivity contribution in [2.75, 3.05) is 13.1 Å². The molecule has 0 fully saturated rings. The number of aromatic nitrogens is 2. The highest BCUT2D eigenvalue weighted by atomic mass is 79.9. The van der Waals surface area contributed by atoms with Crippen molar-refractivity contribution in [3.05, 3.63) is 32.7 Å². The van der Waals surface area contributed by atoms with Gasteiger partial charge in [0.15, 0.2) is 0 Å². The number of halogens is 2. The van der Waals surface area contributed by atoms with Crippen LogP contribution in [-0.2, 0) is 6.42 Å². The van der Waals surface area contributed by atoms with E-state index in [2.05, 4.69) is 45.3 Å². The summed E-state index contributed by atoms with van der Waals surface area (Å²) in [7, 11) is 0. The molecule has 0 bridgehead atoms. The maximum absolute atomic E-state index is 6.10. The summed E-state index contributed by atoms with van der Waals surface area (Å²) in [6, 6.07) is 5.84. The minimum absolute atomic E-state index is 0.671. The first-order valence-corrected chi connectivity index (χ1v) is 8.53. The highest BCUT2D eigenvalue weighted by Crippen LogP contribution is 2.30. The molecular weight excluding hydrogens is 358 g/mol. The van der Waals surface area contributed by atoms with Crippen LogP contribution in [0, 0.1) is 5.92 Å². The average Bonchev–Trinajstić information content (AvgIpc) is 2.86. The van der Waals surface area contributed by atoms with Crippen molar-refractivity contribution < 1.29 is 0 Å². The van der Waals surface area contributed by atoms with Gasteiger partial charge in [-0.2, -0.15) is 0 Å². The van der Waals surface area contributed by atoms with Crippen LogP contribution in [0.4, 0.5) is 0 Å². The smallest absolute Gasteiger partial charge is 0.147 e. The van der Waals surface area contributed by atoms with E-state index in [9.17, 15) is 0 Å². The van der Waals surface area contributed by atoms with Crippen molar-refractivity contribution in [2.45, 2.75) is 20.3 Å². The van der Waals surface area contributed by atoms with Gasteiger partial charge < -0.3 is 5.32 Å². The molecule has 2 aromatic rings. The first-order chi connectivity index (χ1) is 9.56. The fourth-order valence-corrected chi connectivity index (χ4v) is 2.95. The first-order valence-electron chi connectivity index (χ1n) is 6.55. The second kappa shape index (κ2) is 7.50. The summed E-state index contributed by atoms with van der Waals surface area (Å²) < 4.78 is 0.894. The van der Waals surface area contributed by atoms with E-state index in [-0.39, 0.29) is 0 Å². The molecule has 0 unspecified atom stereocenters. The summed E-state index contributed by atoms with van der Waals surface area (Å²) in [6.45, 7) is 6.38. The molecule has 2 rings (SSSR count). The van der Waals surface area contributed by atoms with Crippen molar-refractivity contribution >= 4 is 38.9 Å². The normalized spacial score (nSPS) is 11.2. The Labute approximate surface area is 136 Å². The summed E-state index contributed by atoms with van der Waals surface area (Å²) in [6.07, 6.45) is 0.911. The van der Waals surface area contributed by atoms with Gasteiger partial charge in [0.2, 0.25) is 0 Å². The molecule has 1 aromatic heterocycles. The van der Waals surface area contributed by atoms with Crippen molar-refractivity contribution in [1.82, 2.24) is 15.5 Å². The molecule has 108 valence electrons. The second-order valence-electron chi connectivity index (χ2n) is 4.98. The van der Waals surface area contributed by atoms with E-state index in [1.807, 2.05) is 18.2 Å². The van der Waals surface area contributed by atoms with Crippen molar-refractivity contribution in [3.63, 3.8) is 0 Å². The molecule has 0 saturated heterocycles. The Morgan fingerprint density at radius 2 is 2.15 bits per heavy atom. The first kappa shape index (κ1) is 15.9. The molecule has 6 heteroatoms. The molecule has 3 nitrogen and oxygen atoms in total. The van der Waals surface area contributed by atoms with Gasteiger partial charge in [-0.1, -0.05) is 42.9 Å². The molecule has 1 aromatic carbocycles. The minimum atomic E-state index is 0.671. The zero-order valence-electron chi connectivity index (χ0n) is 11.5. The van der Waals surface area contributed by atoms with Crippen LogP contribution >= 0.6 is 38.9 Å². The molecule has 0 amide bonds. The van der Waals surface area contributed by atoms with Crippen LogP contribution in [0.5, 0.6) is 0 Å². The zero-order chi connectivity index (χ0) is 14.5. The van der Waals surface area contributed by atoms with Crippen molar-refractivity contribution in [1.29, 1.82) is 0 Å². The Hall–Kier alpha value is -0.490. The monoisotopic (exact) mass is 373 g/mol. The van der Waals surface area contributed by atoms with Crippen LogP contribution in [0.15, 0.2) is 22.7 Å². The Morgan fingerprint density at radius 3 is 2.85 bits per heavy atom. The van der Waals surface area contributed by atoms with Crippen LogP contribution in [0.1, 0.15) is 18.9 Å². The third-order valence-electron chi connectivity index (χ3n) is 2.70. The number of nitrogens with zero attached hydrogens (tertiary/aromatic N) is 2. The summed E-state index contributed by atoms with van der Waals surface area (Å²) in [5, 5.41) is 14.5. The van der Waals surface area contributed by atoms with Crippen LogP contribution < -0.4 is 5.32 Å². The Morgan fingerprint density at radius 1 is 1.35 bits per heavy atom. The van der Waals surface area contributed by atoms with E-state index in [0.717, 1.165) is 39.6 Å². The molecule has 1 N–H and O–H groups in total. The third-order valence-corrected chi connectivity index (χ3v) is 4.97. The predicted octanol–water partition coefficient (Wildman–Crippen LogP) is 4.41. The molecule has 0 saturated carbocycles. The summed E-state index contributed by atoms with van der Waals surface area (Å²) >= 11 is 11.1. The number of benzene rings is 1. The number of hydrogen-bond donors (Lipinski definition) is 1. The van der Waals surface area contributed by atoms with Gasteiger partial charge in [-0.15, -0.1) is 10.2 Å². The molecule has 0 aliphatic carbocycles. The molecular formula is C14H17BrClN3S. The van der Waals surface area contributed by atoms with E-state index in [0.29, 0.717) is 10.9 Å². The number of hydrogen-bond acceptors (Lipinski definition) is 4. The molecule has 1 heterocycles. The van der Waals surface area contributed by atoms with E-state index in [4.69, 9.17) is 11.6 Å². The quantitative estimate of drug-likeness (QED) is 0.761. The largest absolute Gasteiger partial charge is 0.316 e. The SMILES string of the molecule is CC(C)CNCCc1nnc(-c2ccc(Br)c(Cl)c2)s1. The van der Waals surface area contributed by atoms with Gasteiger partial charge in [-0.05, 0) is 40.5 Å². The zero-order valence-corrected chi connectivity index (χ0v) is 14.6. The standard InChI is InChI=1S/C14H17BrClN3S/c1-9(2)8-17-6-5-13-18-19-14(20-13)10-3-4-11(15)12(16)7-10/h3-4,7,9,17H,5-6,8H2,1-2H3. The lowest BCUT2D eigenvalue weighted by Gasteiger charge is -2.05. The lowest BCUT2D eigenvalue weighted by Crippen LogP contribution is -2.22. The van der Waals surface area contributed by atoms with Crippen molar-refractivity contribution in [3.8, 4) is 10.6 Å². The predicted molar refractivity (Wildman–Crippen MR) is 89.5 cm³/mol. The Balaban J connectivity index is 1.96. The van der Waals surface area contributed by atoms with Crippen molar-refractivity contribution in [2.24, 2.45) is 5.92 Å². The number of nitrogens with one attached hydrogen (secondary N) is 1. The van der Waals surface area contributed by atoms with Gasteiger partial charge in [0.05, 0.1) is 5.02 Å². The maximum Gasteiger partial charge on any atom is 0.147 e. The molecule has 0 aliphatic rings. The Bertz CT molecular complexity index is 571. The van der Waals surface area contributed by atoms with Crippen LogP contribution in [0.25, 0.3) is 10.6 Å². The third kappa shape index (κ3) is 4.52. The average molecular weight is 375 g/mol. The lowest BCUT2D eigenvalue weighted by atomic mass is 10.2. The van der Waals surface area contributed by atoms with Gasteiger partial charge in [0.1, 0.15) is 10.0 Å². The van der Waals surface area contributed by atoms with E-state index in [1.54, 1.807) is 11.3 Å². The maximum atomic E-state index is 6.10. The van der Waals surface area contributed by atoms with Crippen LogP contribution in [0.2, 0.25) is 5.02 Å². The molecule has 0 radical (unpaired) electrons. The van der Waals surface area contributed by atoms with Gasteiger partial charge >= 0.3 is 0 Å². The van der Waals surface area contributed by atoms with E-state index >= 15 is 0 Å². The van der Waals surface area contributed by atoms with E-state index in [1.165, 1.54) is 0 Å². The molecule has 0 atom stereocenters. The van der Waals surface area contributed by atoms with Crippen LogP contribution in [-0.4, -0.2) is 23.3 Å². The van der Waals surface area contributed by atoms with Gasteiger partial charge in [-0.3, -0.25) is 0 Å². The van der Waals surface area contributed by atoms with Gasteiger partial charge in [0, 0.05) is 23.0 Å². The van der Waals surface area contributed by atoms with Gasteiger partial charge in [-0.25, -0.2) is 0 Å². The van der Waals surface area contributed by atoms with Crippen LogP contribution in [0.3, 0.4) is 0 Å². The fourth-order valence-electron chi connectivity index (χ4n) is 1.69. The highest BCUT2D eigenvalue weighted by Gasteiger charge is 2.08. The fraction of sp³-hybridized carbons (Fsp3) is 0.429. The minimum Gasteiger partial charge on any atom is -0.316 e. The van der Waals surface area contributed by atoms with Gasteiger partial charge in [0.25, 0.3) is 0 Å². The van der Waals surface area contributed by atoms with E-state index < -0.39 is 0 Å². The summed E-state index contributed by atoms with van der Waals surface area (Å²) in [5.74, 6) is 0.671. The molecule has 0 aliphatic heterocycles. The topological polar surface area (TPSA) is 37.8 Å². The summed E-state index contributed by atoms with van der Waals surface area (Å²) in [5.41, 5.74) is 1.01. The lowest BCUT2D eigenvalue weighted by molar-refractivity contribution is 0.553. The number of rotatable bonds is 6. The Kier molecular flexibility index (Phi) is 5.96. The molecule has 20 heavy (non-hydrogen) atoms. The second-order valence-corrected chi connectivity index (χ2v) is 7.30. The summed E-state index contributed by atoms with van der Waals surface area (Å²) in [4.78, 5) is 0. The highest BCUT2D eigenvalue weighted by molar-refractivity contribution is 9.10. The molecule has 0 spiro atoms.